The molecule has 2 fully saturated rings. The van der Waals surface area contributed by atoms with Gasteiger partial charge in [0.2, 0.25) is 0 Å². The Morgan fingerprint density at radius 2 is 2.00 bits per heavy atom. The molecule has 0 radical (unpaired) electrons. The highest BCUT2D eigenvalue weighted by molar-refractivity contribution is 5.69. The lowest BCUT2D eigenvalue weighted by Gasteiger charge is -2.29. The van der Waals surface area contributed by atoms with Crippen LogP contribution in [0.3, 0.4) is 0 Å². The van der Waals surface area contributed by atoms with Gasteiger partial charge in [-0.25, -0.2) is 4.79 Å². The van der Waals surface area contributed by atoms with Crippen molar-refractivity contribution in [3.05, 3.63) is 0 Å². The second-order valence-electron chi connectivity index (χ2n) is 5.62. The van der Waals surface area contributed by atoms with E-state index in [1.165, 1.54) is 0 Å². The maximum Gasteiger partial charge on any atom is 0.410 e. The fraction of sp³-hybridized carbons (Fsp3) is 0.846. The predicted octanol–water partition coefficient (Wildman–Crippen LogP) is 1.15. The van der Waals surface area contributed by atoms with Gasteiger partial charge >= 0.3 is 6.09 Å². The predicted molar refractivity (Wildman–Crippen MR) is 70.8 cm³/mol. The molecule has 1 amide bonds. The zero-order chi connectivity index (χ0) is 14.3. The van der Waals surface area contributed by atoms with E-state index in [0.29, 0.717) is 19.1 Å². The highest BCUT2D eigenvalue weighted by Crippen LogP contribution is 2.15. The van der Waals surface area contributed by atoms with E-state index in [1.807, 2.05) is 25.7 Å². The molecule has 19 heavy (non-hydrogen) atoms. The number of ether oxygens (including phenoxy) is 2. The van der Waals surface area contributed by atoms with Gasteiger partial charge in [-0.15, -0.1) is 0 Å². The minimum absolute atomic E-state index is 0.123. The summed E-state index contributed by atoms with van der Waals surface area (Å²) in [5.41, 5.74) is -0.318. The summed E-state index contributed by atoms with van der Waals surface area (Å²) in [7, 11) is 0. The number of hydrogen-bond acceptors (Lipinski definition) is 5. The quantitative estimate of drug-likeness (QED) is 0.764. The fourth-order valence-electron chi connectivity index (χ4n) is 2.00. The van der Waals surface area contributed by atoms with Gasteiger partial charge in [-0.05, 0) is 46.7 Å². The summed E-state index contributed by atoms with van der Waals surface area (Å²) in [5, 5.41) is 3.27. The Balaban J connectivity index is 0.000000224. The summed E-state index contributed by atoms with van der Waals surface area (Å²) in [6, 6.07) is 0.418. The number of rotatable bonds is 2. The molecule has 0 unspecified atom stereocenters. The molecule has 0 bridgehead atoms. The highest BCUT2D eigenvalue weighted by atomic mass is 16.6. The van der Waals surface area contributed by atoms with Gasteiger partial charge in [0, 0.05) is 6.04 Å². The van der Waals surface area contributed by atoms with Gasteiger partial charge in [-0.2, -0.15) is 0 Å². The molecule has 0 aromatic heterocycles. The minimum atomic E-state index is -0.318. The van der Waals surface area contributed by atoms with Gasteiger partial charge in [0.05, 0.1) is 6.54 Å². The molecular formula is C13H24N2O4. The Labute approximate surface area is 114 Å². The number of amides is 1. The molecule has 0 aromatic carbocycles. The Morgan fingerprint density at radius 1 is 1.37 bits per heavy atom. The summed E-state index contributed by atoms with van der Waals surface area (Å²) in [5.74, 6) is 0. The van der Waals surface area contributed by atoms with E-state index in [-0.39, 0.29) is 11.7 Å². The van der Waals surface area contributed by atoms with Crippen LogP contribution in [0.25, 0.3) is 0 Å². The molecule has 1 N–H and O–H groups in total. The maximum absolute atomic E-state index is 11.2. The molecule has 6 heteroatoms. The molecule has 0 aromatic rings. The number of carbonyl (C=O) groups excluding carboxylic acids is 2. The first-order chi connectivity index (χ1) is 8.94. The van der Waals surface area contributed by atoms with Gasteiger partial charge in [-0.1, -0.05) is 0 Å². The zero-order valence-corrected chi connectivity index (χ0v) is 12.0. The van der Waals surface area contributed by atoms with E-state index < -0.39 is 0 Å². The van der Waals surface area contributed by atoms with Gasteiger partial charge in [-0.3, -0.25) is 4.79 Å². The summed E-state index contributed by atoms with van der Waals surface area (Å²) in [4.78, 5) is 22.6. The van der Waals surface area contributed by atoms with Crippen LogP contribution in [0, 0.1) is 0 Å². The zero-order valence-electron chi connectivity index (χ0n) is 12.0. The average molecular weight is 272 g/mol. The van der Waals surface area contributed by atoms with Crippen LogP contribution in [-0.4, -0.2) is 55.3 Å². The standard InChI is InChI=1S/C8H14N2O2.C5H10O2/c11-8-10(5-6-12-8)7-1-3-9-4-2-7;1-5(2,3)7-4-6/h7,9H,1-6H2;4H,1-3H3. The number of nitrogens with one attached hydrogen (secondary N) is 1. The van der Waals surface area contributed by atoms with Crippen LogP contribution in [0.2, 0.25) is 0 Å². The second-order valence-corrected chi connectivity index (χ2v) is 5.62. The van der Waals surface area contributed by atoms with E-state index in [9.17, 15) is 9.59 Å². The van der Waals surface area contributed by atoms with E-state index in [4.69, 9.17) is 4.74 Å². The lowest BCUT2D eigenvalue weighted by molar-refractivity contribution is -0.138. The van der Waals surface area contributed by atoms with Crippen LogP contribution < -0.4 is 5.32 Å². The topological polar surface area (TPSA) is 67.9 Å². The average Bonchev–Trinajstić information content (AvgIpc) is 2.76. The van der Waals surface area contributed by atoms with Crippen molar-refractivity contribution in [2.24, 2.45) is 0 Å². The van der Waals surface area contributed by atoms with Crippen molar-refractivity contribution in [2.75, 3.05) is 26.2 Å². The SMILES string of the molecule is CC(C)(C)OC=O.O=C1OCCN1C1CCNCC1. The highest BCUT2D eigenvalue weighted by Gasteiger charge is 2.30. The van der Waals surface area contributed by atoms with Gasteiger partial charge < -0.3 is 19.7 Å². The van der Waals surface area contributed by atoms with E-state index in [1.54, 1.807) is 0 Å². The lowest BCUT2D eigenvalue weighted by atomic mass is 10.1. The summed E-state index contributed by atoms with van der Waals surface area (Å²) in [6.45, 7) is 9.32. The van der Waals surface area contributed by atoms with Crippen LogP contribution >= 0.6 is 0 Å². The monoisotopic (exact) mass is 272 g/mol. The number of piperidine rings is 1. The number of cyclic esters (lactones) is 1. The number of carbonyl (C=O) groups is 2. The first kappa shape index (κ1) is 15.8. The van der Waals surface area contributed by atoms with Crippen molar-refractivity contribution >= 4 is 12.6 Å². The maximum atomic E-state index is 11.2. The number of hydrogen-bond donors (Lipinski definition) is 1. The second kappa shape index (κ2) is 7.33. The normalized spacial score (nSPS) is 20.4. The van der Waals surface area contributed by atoms with E-state index in [2.05, 4.69) is 10.1 Å². The van der Waals surface area contributed by atoms with Crippen molar-refractivity contribution in [3.63, 3.8) is 0 Å². The van der Waals surface area contributed by atoms with Gasteiger partial charge in [0.1, 0.15) is 12.2 Å². The van der Waals surface area contributed by atoms with Crippen molar-refractivity contribution in [1.82, 2.24) is 10.2 Å². The molecule has 110 valence electrons. The van der Waals surface area contributed by atoms with Crippen LogP contribution in [0.1, 0.15) is 33.6 Å². The molecule has 2 aliphatic rings. The molecule has 0 aliphatic carbocycles. The minimum Gasteiger partial charge on any atom is -0.462 e. The van der Waals surface area contributed by atoms with Crippen molar-refractivity contribution < 1.29 is 19.1 Å². The van der Waals surface area contributed by atoms with Crippen LogP contribution in [0.4, 0.5) is 4.79 Å². The van der Waals surface area contributed by atoms with E-state index >= 15 is 0 Å². The van der Waals surface area contributed by atoms with Crippen molar-refractivity contribution in [2.45, 2.75) is 45.3 Å². The molecule has 2 aliphatic heterocycles. The summed E-state index contributed by atoms with van der Waals surface area (Å²) < 4.78 is 9.43. The van der Waals surface area contributed by atoms with Crippen LogP contribution in [-0.2, 0) is 14.3 Å². The molecule has 2 rings (SSSR count). The summed E-state index contributed by atoms with van der Waals surface area (Å²) >= 11 is 0. The molecule has 6 nitrogen and oxygen atoms in total. The first-order valence-electron chi connectivity index (χ1n) is 6.69. The molecule has 0 spiro atoms. The fourth-order valence-corrected chi connectivity index (χ4v) is 2.00. The Bertz CT molecular complexity index is 296. The Kier molecular flexibility index (Phi) is 6.08. The third-order valence-electron chi connectivity index (χ3n) is 2.94. The molecule has 2 saturated heterocycles. The molecule has 0 saturated carbocycles. The van der Waals surface area contributed by atoms with Crippen molar-refractivity contribution in [1.29, 1.82) is 0 Å². The Hall–Kier alpha value is -1.30. The lowest BCUT2D eigenvalue weighted by Crippen LogP contribution is -2.43. The van der Waals surface area contributed by atoms with E-state index in [0.717, 1.165) is 32.5 Å². The number of nitrogens with zero attached hydrogens (tertiary/aromatic N) is 1. The van der Waals surface area contributed by atoms with Crippen molar-refractivity contribution in [3.8, 4) is 0 Å². The van der Waals surface area contributed by atoms with Crippen LogP contribution in [0.15, 0.2) is 0 Å². The molecular weight excluding hydrogens is 248 g/mol. The molecule has 0 atom stereocenters. The largest absolute Gasteiger partial charge is 0.462 e. The molecule has 2 heterocycles. The summed E-state index contributed by atoms with van der Waals surface area (Å²) in [6.07, 6.45) is 2.01. The first-order valence-corrected chi connectivity index (χ1v) is 6.69. The smallest absolute Gasteiger partial charge is 0.410 e. The van der Waals surface area contributed by atoms with Crippen LogP contribution in [0.5, 0.6) is 0 Å². The third kappa shape index (κ3) is 5.92. The Morgan fingerprint density at radius 3 is 2.37 bits per heavy atom. The van der Waals surface area contributed by atoms with Gasteiger partial charge in [0.15, 0.2) is 0 Å². The van der Waals surface area contributed by atoms with Gasteiger partial charge in [0.25, 0.3) is 6.47 Å². The third-order valence-corrected chi connectivity index (χ3v) is 2.94.